The van der Waals surface area contributed by atoms with Crippen LogP contribution in [0.4, 0.5) is 0 Å². The molecule has 0 bridgehead atoms. The fraction of sp³-hybridized carbons (Fsp3) is 0.500. The summed E-state index contributed by atoms with van der Waals surface area (Å²) in [7, 11) is 0. The normalized spacial score (nSPS) is 18.6. The van der Waals surface area contributed by atoms with Crippen LogP contribution in [0.1, 0.15) is 38.2 Å². The first kappa shape index (κ1) is 11.7. The first-order valence-electron chi connectivity index (χ1n) is 5.88. The van der Waals surface area contributed by atoms with Crippen LogP contribution in [0.5, 0.6) is 0 Å². The molecule has 2 rings (SSSR count). The SMILES string of the molecule is CC1(C(=O)Cc2ccc(Cl)cc2)CCCC1. The summed E-state index contributed by atoms with van der Waals surface area (Å²) >= 11 is 5.82. The first-order chi connectivity index (χ1) is 7.60. The van der Waals surface area contributed by atoms with Gasteiger partial charge in [0.2, 0.25) is 0 Å². The van der Waals surface area contributed by atoms with E-state index in [-0.39, 0.29) is 5.41 Å². The number of carbonyl (C=O) groups excluding carboxylic acids is 1. The smallest absolute Gasteiger partial charge is 0.143 e. The number of benzene rings is 1. The average Bonchev–Trinajstić information content (AvgIpc) is 2.70. The molecule has 0 saturated heterocycles. The molecule has 0 unspecified atom stereocenters. The molecule has 86 valence electrons. The quantitative estimate of drug-likeness (QED) is 0.775. The van der Waals surface area contributed by atoms with Crippen molar-refractivity contribution >= 4 is 17.4 Å². The van der Waals surface area contributed by atoms with Gasteiger partial charge < -0.3 is 0 Å². The van der Waals surface area contributed by atoms with Crippen molar-refractivity contribution in [3.63, 3.8) is 0 Å². The molecule has 0 atom stereocenters. The van der Waals surface area contributed by atoms with Crippen LogP contribution in [0.3, 0.4) is 0 Å². The lowest BCUT2D eigenvalue weighted by Crippen LogP contribution is -2.25. The van der Waals surface area contributed by atoms with Crippen molar-refractivity contribution in [2.45, 2.75) is 39.0 Å². The number of hydrogen-bond acceptors (Lipinski definition) is 1. The molecule has 1 nitrogen and oxygen atoms in total. The van der Waals surface area contributed by atoms with Gasteiger partial charge in [-0.2, -0.15) is 0 Å². The lowest BCUT2D eigenvalue weighted by Gasteiger charge is -2.21. The monoisotopic (exact) mass is 236 g/mol. The minimum Gasteiger partial charge on any atom is -0.299 e. The Hall–Kier alpha value is -0.820. The molecule has 1 aliphatic carbocycles. The van der Waals surface area contributed by atoms with Crippen molar-refractivity contribution in [3.8, 4) is 0 Å². The predicted octanol–water partition coefficient (Wildman–Crippen LogP) is 4.03. The number of halogens is 1. The molecular weight excluding hydrogens is 220 g/mol. The van der Waals surface area contributed by atoms with Crippen LogP contribution in [0.15, 0.2) is 24.3 Å². The molecule has 2 heteroatoms. The number of rotatable bonds is 3. The molecular formula is C14H17ClO. The topological polar surface area (TPSA) is 17.1 Å². The highest BCUT2D eigenvalue weighted by Gasteiger charge is 2.35. The van der Waals surface area contributed by atoms with E-state index in [0.29, 0.717) is 12.2 Å². The van der Waals surface area contributed by atoms with Gasteiger partial charge in [0.15, 0.2) is 0 Å². The van der Waals surface area contributed by atoms with Gasteiger partial charge in [-0.1, -0.05) is 43.5 Å². The summed E-state index contributed by atoms with van der Waals surface area (Å²) in [6.45, 7) is 2.11. The molecule has 0 aliphatic heterocycles. The van der Waals surface area contributed by atoms with E-state index in [1.54, 1.807) is 0 Å². The zero-order valence-corrected chi connectivity index (χ0v) is 10.4. The van der Waals surface area contributed by atoms with Crippen LogP contribution >= 0.6 is 11.6 Å². The van der Waals surface area contributed by atoms with Gasteiger partial charge >= 0.3 is 0 Å². The van der Waals surface area contributed by atoms with E-state index in [4.69, 9.17) is 11.6 Å². The number of hydrogen-bond donors (Lipinski definition) is 0. The highest BCUT2D eigenvalue weighted by molar-refractivity contribution is 6.30. The molecule has 0 radical (unpaired) electrons. The molecule has 0 amide bonds. The van der Waals surface area contributed by atoms with Crippen LogP contribution in [-0.4, -0.2) is 5.78 Å². The second-order valence-electron chi connectivity index (χ2n) is 4.99. The molecule has 0 heterocycles. The maximum absolute atomic E-state index is 12.2. The van der Waals surface area contributed by atoms with E-state index in [0.717, 1.165) is 23.4 Å². The Morgan fingerprint density at radius 1 is 1.25 bits per heavy atom. The average molecular weight is 237 g/mol. The Labute approximate surface area is 102 Å². The van der Waals surface area contributed by atoms with Crippen LogP contribution in [0.2, 0.25) is 5.02 Å². The summed E-state index contributed by atoms with van der Waals surface area (Å²) in [5.74, 6) is 0.382. The van der Waals surface area contributed by atoms with Crippen LogP contribution < -0.4 is 0 Å². The lowest BCUT2D eigenvalue weighted by molar-refractivity contribution is -0.126. The van der Waals surface area contributed by atoms with Crippen molar-refractivity contribution in [2.24, 2.45) is 5.41 Å². The Morgan fingerprint density at radius 3 is 2.38 bits per heavy atom. The molecule has 1 fully saturated rings. The molecule has 0 N–H and O–H groups in total. The molecule has 1 aromatic carbocycles. The third-order valence-corrected chi connectivity index (χ3v) is 3.91. The molecule has 16 heavy (non-hydrogen) atoms. The van der Waals surface area contributed by atoms with Gasteiger partial charge in [0.25, 0.3) is 0 Å². The molecule has 1 aliphatic rings. The Kier molecular flexibility index (Phi) is 3.34. The van der Waals surface area contributed by atoms with Crippen LogP contribution in [0, 0.1) is 5.41 Å². The van der Waals surface area contributed by atoms with Crippen LogP contribution in [0.25, 0.3) is 0 Å². The van der Waals surface area contributed by atoms with Gasteiger partial charge in [-0.15, -0.1) is 0 Å². The van der Waals surface area contributed by atoms with E-state index in [1.807, 2.05) is 24.3 Å². The molecule has 1 aromatic rings. The maximum Gasteiger partial charge on any atom is 0.143 e. The minimum atomic E-state index is -0.0698. The lowest BCUT2D eigenvalue weighted by atomic mass is 9.81. The number of Topliss-reactive ketones (excluding diaryl/α,β-unsaturated/α-hetero) is 1. The van der Waals surface area contributed by atoms with Gasteiger partial charge in [-0.3, -0.25) is 4.79 Å². The zero-order chi connectivity index (χ0) is 11.6. The molecule has 0 aromatic heterocycles. The summed E-state index contributed by atoms with van der Waals surface area (Å²) < 4.78 is 0. The Morgan fingerprint density at radius 2 is 1.81 bits per heavy atom. The molecule has 0 spiro atoms. The van der Waals surface area contributed by atoms with Crippen molar-refractivity contribution in [1.29, 1.82) is 0 Å². The minimum absolute atomic E-state index is 0.0698. The van der Waals surface area contributed by atoms with Crippen molar-refractivity contribution in [2.75, 3.05) is 0 Å². The third kappa shape index (κ3) is 2.46. The van der Waals surface area contributed by atoms with E-state index in [1.165, 1.54) is 12.8 Å². The van der Waals surface area contributed by atoms with Crippen molar-refractivity contribution in [1.82, 2.24) is 0 Å². The predicted molar refractivity (Wildman–Crippen MR) is 66.7 cm³/mol. The summed E-state index contributed by atoms with van der Waals surface area (Å²) in [5.41, 5.74) is 1.00. The maximum atomic E-state index is 12.2. The summed E-state index contributed by atoms with van der Waals surface area (Å²) in [6.07, 6.45) is 5.05. The largest absolute Gasteiger partial charge is 0.299 e. The second kappa shape index (κ2) is 4.58. The summed E-state index contributed by atoms with van der Waals surface area (Å²) in [5, 5.41) is 0.725. The number of carbonyl (C=O) groups is 1. The van der Waals surface area contributed by atoms with Gasteiger partial charge in [-0.25, -0.2) is 0 Å². The van der Waals surface area contributed by atoms with E-state index < -0.39 is 0 Å². The third-order valence-electron chi connectivity index (χ3n) is 3.66. The van der Waals surface area contributed by atoms with Crippen molar-refractivity contribution in [3.05, 3.63) is 34.9 Å². The van der Waals surface area contributed by atoms with Gasteiger partial charge in [-0.05, 0) is 30.5 Å². The van der Waals surface area contributed by atoms with Gasteiger partial charge in [0.1, 0.15) is 5.78 Å². The van der Waals surface area contributed by atoms with Crippen molar-refractivity contribution < 1.29 is 4.79 Å². The second-order valence-corrected chi connectivity index (χ2v) is 5.43. The van der Waals surface area contributed by atoms with Gasteiger partial charge in [0.05, 0.1) is 0 Å². The summed E-state index contributed by atoms with van der Waals surface area (Å²) in [6, 6.07) is 7.58. The van der Waals surface area contributed by atoms with E-state index in [2.05, 4.69) is 6.92 Å². The van der Waals surface area contributed by atoms with Crippen LogP contribution in [-0.2, 0) is 11.2 Å². The fourth-order valence-corrected chi connectivity index (χ4v) is 2.56. The van der Waals surface area contributed by atoms with E-state index >= 15 is 0 Å². The van der Waals surface area contributed by atoms with Gasteiger partial charge in [0, 0.05) is 16.9 Å². The number of ketones is 1. The highest BCUT2D eigenvalue weighted by Crippen LogP contribution is 2.39. The Balaban J connectivity index is 2.04. The molecule has 1 saturated carbocycles. The Bertz CT molecular complexity index is 374. The highest BCUT2D eigenvalue weighted by atomic mass is 35.5. The summed E-state index contributed by atoms with van der Waals surface area (Å²) in [4.78, 5) is 12.2. The van der Waals surface area contributed by atoms with E-state index in [9.17, 15) is 4.79 Å². The first-order valence-corrected chi connectivity index (χ1v) is 6.26. The fourth-order valence-electron chi connectivity index (χ4n) is 2.44. The zero-order valence-electron chi connectivity index (χ0n) is 9.63. The standard InChI is InChI=1S/C14H17ClO/c1-14(8-2-3-9-14)13(16)10-11-4-6-12(15)7-5-11/h4-7H,2-3,8-10H2,1H3.